The number of hydrogen-bond donors (Lipinski definition) is 1. The number of fused-ring (bicyclic) bond motifs is 3. The third kappa shape index (κ3) is 9.22. The fourth-order valence-electron chi connectivity index (χ4n) is 6.55. The van der Waals surface area contributed by atoms with Crippen LogP contribution in [0.2, 0.25) is 0 Å². The van der Waals surface area contributed by atoms with E-state index in [1.54, 1.807) is 11.8 Å². The molecule has 0 saturated heterocycles. The summed E-state index contributed by atoms with van der Waals surface area (Å²) in [7, 11) is 0. The van der Waals surface area contributed by atoms with Gasteiger partial charge in [0.25, 0.3) is 0 Å². The molecule has 2 heterocycles. The van der Waals surface area contributed by atoms with Gasteiger partial charge in [-0.2, -0.15) is 0 Å². The zero-order chi connectivity index (χ0) is 26.9. The van der Waals surface area contributed by atoms with Crippen molar-refractivity contribution < 1.29 is 5.21 Å². The molecule has 0 unspecified atom stereocenters. The summed E-state index contributed by atoms with van der Waals surface area (Å²) >= 11 is 3.72. The van der Waals surface area contributed by atoms with Gasteiger partial charge in [0.05, 0.1) is 6.21 Å². The van der Waals surface area contributed by atoms with Crippen LogP contribution < -0.4 is 0 Å². The lowest BCUT2D eigenvalue weighted by Crippen LogP contribution is -2.25. The molecule has 0 saturated carbocycles. The molecule has 1 aliphatic rings. The Hall–Kier alpha value is -1.13. The number of rotatable bonds is 23. The quantitative estimate of drug-likeness (QED) is 0.0626. The van der Waals surface area contributed by atoms with Gasteiger partial charge in [-0.15, -0.1) is 22.7 Å². The summed E-state index contributed by atoms with van der Waals surface area (Å²) in [6.45, 7) is 4.60. The lowest BCUT2D eigenvalue weighted by molar-refractivity contribution is 0.322. The van der Waals surface area contributed by atoms with E-state index in [1.165, 1.54) is 157 Å². The molecule has 2 nitrogen and oxygen atoms in total. The largest absolute Gasteiger partial charge is 0.411 e. The predicted molar refractivity (Wildman–Crippen MR) is 171 cm³/mol. The monoisotopic (exact) mass is 557 g/mol. The van der Waals surface area contributed by atoms with E-state index in [2.05, 4.69) is 36.5 Å². The summed E-state index contributed by atoms with van der Waals surface area (Å²) in [4.78, 5) is 4.03. The summed E-state index contributed by atoms with van der Waals surface area (Å²) in [6, 6.07) is 4.78. The second-order valence-electron chi connectivity index (χ2n) is 11.7. The Balaban J connectivity index is 1.53. The molecule has 1 N–H and O–H groups in total. The minimum atomic E-state index is 0.170. The van der Waals surface area contributed by atoms with Gasteiger partial charge in [0.2, 0.25) is 0 Å². The molecular formula is C34H55NOS2. The SMILES string of the molecule is CCCCCCCCCCCCC1(CCCCCCCCCCCC)c2ccsc2-c2sc(/C=N/O)cc21. The zero-order valence-electron chi connectivity index (χ0n) is 24.6. The second-order valence-corrected chi connectivity index (χ2v) is 13.7. The highest BCUT2D eigenvalue weighted by atomic mass is 32.1. The Kier molecular flexibility index (Phi) is 15.1. The Labute approximate surface area is 242 Å². The minimum Gasteiger partial charge on any atom is -0.411 e. The molecule has 0 fully saturated rings. The summed E-state index contributed by atoms with van der Waals surface area (Å²) in [5, 5.41) is 14.8. The summed E-state index contributed by atoms with van der Waals surface area (Å²) in [5.74, 6) is 0. The molecule has 2 aromatic rings. The molecule has 2 aromatic heterocycles. The Bertz CT molecular complexity index is 887. The van der Waals surface area contributed by atoms with Crippen LogP contribution in [0.15, 0.2) is 22.7 Å². The summed E-state index contributed by atoms with van der Waals surface area (Å²) in [6.07, 6.45) is 32.0. The third-order valence-corrected chi connectivity index (χ3v) is 10.9. The smallest absolute Gasteiger partial charge is 0.0833 e. The van der Waals surface area contributed by atoms with Gasteiger partial charge in [-0.3, -0.25) is 0 Å². The minimum absolute atomic E-state index is 0.170. The van der Waals surface area contributed by atoms with Crippen LogP contribution in [0.5, 0.6) is 0 Å². The van der Waals surface area contributed by atoms with Gasteiger partial charge in [0.15, 0.2) is 0 Å². The van der Waals surface area contributed by atoms with Crippen LogP contribution >= 0.6 is 22.7 Å². The number of unbranched alkanes of at least 4 members (excludes halogenated alkanes) is 18. The highest BCUT2D eigenvalue weighted by molar-refractivity contribution is 7.22. The number of nitrogens with zero attached hydrogens (tertiary/aromatic N) is 1. The zero-order valence-corrected chi connectivity index (χ0v) is 26.2. The Morgan fingerprint density at radius 1 is 0.658 bits per heavy atom. The number of hydrogen-bond acceptors (Lipinski definition) is 4. The van der Waals surface area contributed by atoms with Crippen molar-refractivity contribution in [2.24, 2.45) is 5.16 Å². The second kappa shape index (κ2) is 18.3. The molecule has 0 aromatic carbocycles. The van der Waals surface area contributed by atoms with Gasteiger partial charge < -0.3 is 5.21 Å². The van der Waals surface area contributed by atoms with Gasteiger partial charge in [-0.1, -0.05) is 147 Å². The standard InChI is InChI=1S/C34H55NOS2/c1-3-5-7-9-11-13-15-17-19-21-24-34(25-22-20-18-16-14-12-10-8-6-4-2)30-23-26-37-32(30)33-31(34)27-29(38-33)28-35-36/h23,26-28,36H,3-22,24-25H2,1-2H3/b35-28+. The van der Waals surface area contributed by atoms with Crippen molar-refractivity contribution in [2.45, 2.75) is 161 Å². The van der Waals surface area contributed by atoms with E-state index < -0.39 is 0 Å². The van der Waals surface area contributed by atoms with E-state index in [-0.39, 0.29) is 5.41 Å². The average molecular weight is 558 g/mol. The van der Waals surface area contributed by atoms with Crippen LogP contribution in [0.25, 0.3) is 9.75 Å². The number of thiophene rings is 2. The first-order valence-corrected chi connectivity index (χ1v) is 17.9. The molecule has 38 heavy (non-hydrogen) atoms. The van der Waals surface area contributed by atoms with Crippen LogP contribution in [0, 0.1) is 0 Å². The molecule has 0 aliphatic heterocycles. The van der Waals surface area contributed by atoms with Crippen LogP contribution in [-0.4, -0.2) is 11.4 Å². The summed E-state index contributed by atoms with van der Waals surface area (Å²) < 4.78 is 0. The van der Waals surface area contributed by atoms with Crippen molar-refractivity contribution in [3.63, 3.8) is 0 Å². The van der Waals surface area contributed by atoms with Crippen LogP contribution in [-0.2, 0) is 5.41 Å². The molecule has 0 radical (unpaired) electrons. The Morgan fingerprint density at radius 3 is 1.61 bits per heavy atom. The van der Waals surface area contributed by atoms with E-state index in [9.17, 15) is 5.21 Å². The van der Waals surface area contributed by atoms with Crippen molar-refractivity contribution in [1.82, 2.24) is 0 Å². The van der Waals surface area contributed by atoms with E-state index in [1.807, 2.05) is 22.7 Å². The van der Waals surface area contributed by atoms with Crippen molar-refractivity contribution in [3.8, 4) is 9.75 Å². The van der Waals surface area contributed by atoms with Crippen LogP contribution in [0.4, 0.5) is 0 Å². The molecule has 3 rings (SSSR count). The first-order chi connectivity index (χ1) is 18.8. The normalized spacial score (nSPS) is 13.9. The Morgan fingerprint density at radius 2 is 1.13 bits per heavy atom. The molecule has 1 aliphatic carbocycles. The molecule has 0 bridgehead atoms. The van der Waals surface area contributed by atoms with Gasteiger partial charge in [0, 0.05) is 20.0 Å². The van der Waals surface area contributed by atoms with E-state index in [0.29, 0.717) is 0 Å². The molecule has 4 heteroatoms. The highest BCUT2D eigenvalue weighted by Gasteiger charge is 2.44. The topological polar surface area (TPSA) is 32.6 Å². The van der Waals surface area contributed by atoms with Crippen LogP contribution in [0.3, 0.4) is 0 Å². The van der Waals surface area contributed by atoms with Gasteiger partial charge >= 0.3 is 0 Å². The molecular weight excluding hydrogens is 503 g/mol. The third-order valence-electron chi connectivity index (χ3n) is 8.75. The van der Waals surface area contributed by atoms with E-state index in [0.717, 1.165) is 4.88 Å². The maximum Gasteiger partial charge on any atom is 0.0833 e. The first kappa shape index (κ1) is 31.4. The maximum absolute atomic E-state index is 9.18. The molecule has 0 amide bonds. The lowest BCUT2D eigenvalue weighted by atomic mass is 9.71. The van der Waals surface area contributed by atoms with Crippen LogP contribution in [0.1, 0.15) is 171 Å². The fourth-order valence-corrected chi connectivity index (χ4v) is 8.85. The van der Waals surface area contributed by atoms with Gasteiger partial charge in [-0.05, 0) is 41.5 Å². The molecule has 214 valence electrons. The van der Waals surface area contributed by atoms with Crippen molar-refractivity contribution >= 4 is 28.9 Å². The maximum atomic E-state index is 9.18. The van der Waals surface area contributed by atoms with Crippen molar-refractivity contribution in [2.75, 3.05) is 0 Å². The van der Waals surface area contributed by atoms with Crippen molar-refractivity contribution in [3.05, 3.63) is 33.5 Å². The lowest BCUT2D eigenvalue weighted by Gasteiger charge is -2.31. The highest BCUT2D eigenvalue weighted by Crippen LogP contribution is 2.58. The average Bonchev–Trinajstić information content (AvgIpc) is 3.62. The number of oxime groups is 1. The molecule has 0 spiro atoms. The first-order valence-electron chi connectivity index (χ1n) is 16.2. The summed E-state index contributed by atoms with van der Waals surface area (Å²) in [5.41, 5.74) is 3.30. The predicted octanol–water partition coefficient (Wildman–Crippen LogP) is 12.5. The van der Waals surface area contributed by atoms with Gasteiger partial charge in [0.1, 0.15) is 0 Å². The van der Waals surface area contributed by atoms with E-state index >= 15 is 0 Å². The van der Waals surface area contributed by atoms with E-state index in [4.69, 9.17) is 0 Å². The van der Waals surface area contributed by atoms with Gasteiger partial charge in [-0.25, -0.2) is 0 Å². The fraction of sp³-hybridized carbons (Fsp3) is 0.735. The van der Waals surface area contributed by atoms with Crippen molar-refractivity contribution in [1.29, 1.82) is 0 Å². The molecule has 0 atom stereocenters.